The second kappa shape index (κ2) is 35.8. The lowest BCUT2D eigenvalue weighted by Crippen LogP contribution is -2.01. The number of hydrogen-bond donors (Lipinski definition) is 0. The molecule has 31 rings (SSSR count). The predicted octanol–water partition coefficient (Wildman–Crippen LogP) is 34.6. The van der Waals surface area contributed by atoms with Crippen LogP contribution in [0.3, 0.4) is 0 Å². The number of rotatable bonds is 12. The molecule has 0 aliphatic rings. The molecule has 31 aromatic rings. The second-order valence-electron chi connectivity index (χ2n) is 37.6. The summed E-state index contributed by atoms with van der Waals surface area (Å²) in [6, 6.07) is 154. The minimum Gasteiger partial charge on any atom is -0.456 e. The van der Waals surface area contributed by atoms with Crippen LogP contribution in [0.2, 0.25) is 0 Å². The molecule has 16 heteroatoms. The number of benzene rings is 21. The molecule has 10 heterocycles. The topological polar surface area (TPSA) is 207 Å². The van der Waals surface area contributed by atoms with E-state index in [1.54, 1.807) is 6.20 Å². The van der Waals surface area contributed by atoms with Gasteiger partial charge >= 0.3 is 0 Å². The first kappa shape index (κ1) is 86.1. The van der Waals surface area contributed by atoms with Crippen LogP contribution < -0.4 is 0 Å². The van der Waals surface area contributed by atoms with Crippen LogP contribution in [0.5, 0.6) is 0 Å². The molecular weight excluding hydrogens is 1840 g/mol. The van der Waals surface area contributed by atoms with Gasteiger partial charge < -0.3 is 17.7 Å². The molecule has 0 aliphatic heterocycles. The first-order valence-corrected chi connectivity index (χ1v) is 49.8. The Kier molecular flexibility index (Phi) is 20.5. The Morgan fingerprint density at radius 3 is 0.967 bits per heavy atom. The van der Waals surface area contributed by atoms with Gasteiger partial charge in [-0.2, -0.15) is 0 Å². The van der Waals surface area contributed by atoms with Crippen molar-refractivity contribution in [3.8, 4) is 136 Å². The molecule has 0 fully saturated rings. The molecule has 21 aromatic carbocycles. The van der Waals surface area contributed by atoms with Crippen LogP contribution in [0.25, 0.3) is 310 Å². The summed E-state index contributed by atoms with van der Waals surface area (Å²) in [5.74, 6) is 5.55. The predicted molar refractivity (Wildman–Crippen MR) is 607 cm³/mol. The second-order valence-corrected chi connectivity index (χ2v) is 37.6. The highest BCUT2D eigenvalue weighted by molar-refractivity contribution is 6.22. The van der Waals surface area contributed by atoms with Crippen LogP contribution in [0, 0.1) is 0 Å². The third-order valence-electron chi connectivity index (χ3n) is 28.7. The van der Waals surface area contributed by atoms with Crippen molar-refractivity contribution >= 4 is 174 Å². The van der Waals surface area contributed by atoms with Gasteiger partial charge in [0.25, 0.3) is 0 Å². The molecule has 698 valence electrons. The van der Waals surface area contributed by atoms with Crippen LogP contribution in [-0.2, 0) is 0 Å². The van der Waals surface area contributed by atoms with Crippen molar-refractivity contribution < 1.29 is 17.7 Å². The molecule has 0 radical (unpaired) electrons. The lowest BCUT2D eigenvalue weighted by molar-refractivity contribution is 0.654. The summed E-state index contributed by atoms with van der Waals surface area (Å²) in [6.07, 6.45) is 7.41. The summed E-state index contributed by atoms with van der Waals surface area (Å²) in [6.45, 7) is 0. The molecule has 0 amide bonds. The van der Waals surface area contributed by atoms with Crippen LogP contribution in [0.1, 0.15) is 0 Å². The summed E-state index contributed by atoms with van der Waals surface area (Å²) < 4.78 is 25.4. The number of aromatic nitrogens is 12. The minimum atomic E-state index is 0.584. The van der Waals surface area contributed by atoms with Crippen molar-refractivity contribution in [2.75, 3.05) is 0 Å². The maximum Gasteiger partial charge on any atom is 0.227 e. The Balaban J connectivity index is 0.000000106. The minimum absolute atomic E-state index is 0.584. The standard InChI is InChI=1S/C46H26N4O2.2C44H26N4O/c1-2-11-27(12-3-1)44-48-45(50-46(49-44)35-18-10-20-39-42(35)34-17-8-9-19-38(34)51-39)33-22-21-32(30-15-6-7-16-31(30)33)37-25-47-26-41-43(37)36-23-28-13-4-5-14-29(28)24-40(36)52-41;1-2-11-28(12-3-1)41-46-42(32-19-18-27-10-4-5-13-29(27)24-32)48-43(47-41)37-21-20-35(33-16-8-9-17-34(33)37)36-22-23-45-44-40(36)38-25-30-14-6-7-15-31(30)26-39(38)49-44;1-2-11-28(12-3-1)42-46-43(32-19-18-27-10-4-5-13-29(27)24-32)48-44(47-42)36-21-20-35(33-16-8-9-17-34(33)36)41-40-37-25-30-14-6-7-15-31(30)26-39(37)49-38(40)22-23-45-41/h1-26H;2*1-26H. The van der Waals surface area contributed by atoms with Crippen molar-refractivity contribution in [3.63, 3.8) is 0 Å². The maximum atomic E-state index is 6.40. The number of nitrogens with zero attached hydrogens (tertiary/aromatic N) is 12. The number of para-hydroxylation sites is 1. The summed E-state index contributed by atoms with van der Waals surface area (Å²) in [7, 11) is 0. The Labute approximate surface area is 855 Å². The molecule has 16 nitrogen and oxygen atoms in total. The van der Waals surface area contributed by atoms with Gasteiger partial charge in [-0.15, -0.1) is 0 Å². The third-order valence-corrected chi connectivity index (χ3v) is 28.7. The Morgan fingerprint density at radius 2 is 0.473 bits per heavy atom. The molecule has 0 saturated heterocycles. The Hall–Kier alpha value is -20.6. The van der Waals surface area contributed by atoms with Gasteiger partial charge in [-0.05, 0) is 194 Å². The largest absolute Gasteiger partial charge is 0.456 e. The van der Waals surface area contributed by atoms with Crippen molar-refractivity contribution in [1.29, 1.82) is 0 Å². The summed E-state index contributed by atoms with van der Waals surface area (Å²) in [5, 5.41) is 26.1. The van der Waals surface area contributed by atoms with Gasteiger partial charge in [-0.1, -0.05) is 358 Å². The normalized spacial score (nSPS) is 11.7. The monoisotopic (exact) mass is 1920 g/mol. The molecule has 0 spiro atoms. The van der Waals surface area contributed by atoms with E-state index in [-0.39, 0.29) is 0 Å². The molecule has 150 heavy (non-hydrogen) atoms. The fraction of sp³-hybridized carbons (Fsp3) is 0. The first-order chi connectivity index (χ1) is 74.3. The molecule has 0 atom stereocenters. The van der Waals surface area contributed by atoms with E-state index >= 15 is 0 Å². The third kappa shape index (κ3) is 15.1. The number of furan rings is 4. The quantitative estimate of drug-likeness (QED) is 0.111. The first-order valence-electron chi connectivity index (χ1n) is 49.8. The van der Waals surface area contributed by atoms with Crippen LogP contribution in [0.15, 0.2) is 491 Å². The Bertz CT molecular complexity index is 10500. The lowest BCUT2D eigenvalue weighted by Gasteiger charge is -2.13. The molecule has 0 saturated carbocycles. The number of fused-ring (bicyclic) bond motifs is 20. The fourth-order valence-electron chi connectivity index (χ4n) is 21.6. The van der Waals surface area contributed by atoms with Crippen molar-refractivity contribution in [2.24, 2.45) is 0 Å². The van der Waals surface area contributed by atoms with Crippen molar-refractivity contribution in [1.82, 2.24) is 59.8 Å². The van der Waals surface area contributed by atoms with Crippen molar-refractivity contribution in [3.05, 3.63) is 474 Å². The summed E-state index contributed by atoms with van der Waals surface area (Å²) in [4.78, 5) is 60.0. The van der Waals surface area contributed by atoms with E-state index in [0.29, 0.717) is 58.1 Å². The lowest BCUT2D eigenvalue weighted by atomic mass is 9.93. The smallest absolute Gasteiger partial charge is 0.227 e. The molecule has 0 unspecified atom stereocenters. The van der Waals surface area contributed by atoms with Gasteiger partial charge in [-0.25, -0.2) is 49.8 Å². The highest BCUT2D eigenvalue weighted by atomic mass is 16.3. The summed E-state index contributed by atoms with van der Waals surface area (Å²) in [5.41, 5.74) is 20.8. The van der Waals surface area contributed by atoms with Crippen LogP contribution in [-0.4, -0.2) is 59.8 Å². The van der Waals surface area contributed by atoms with Gasteiger partial charge in [0.1, 0.15) is 33.5 Å². The van der Waals surface area contributed by atoms with E-state index in [4.69, 9.17) is 67.5 Å². The van der Waals surface area contributed by atoms with E-state index in [0.717, 1.165) is 225 Å². The number of pyridine rings is 3. The zero-order valence-electron chi connectivity index (χ0n) is 80.0. The zero-order chi connectivity index (χ0) is 98.8. The average Bonchev–Trinajstić information content (AvgIpc) is 1.53. The SMILES string of the molecule is c1ccc(-c2nc(-c3ccc(-c4cncc5oc6cc7ccccc7cc6c45)c4ccccc34)nc(-c3cccc4oc5ccccc5c34)n2)cc1.c1ccc(-c2nc(-c3ccc4ccccc4c3)nc(-c3ccc(-c4ccnc5oc6cc7ccccc7cc6c45)c4ccccc34)n2)cc1.c1ccc(-c2nc(-c3ccc4ccccc4c3)nc(-c3ccc(-c4nccc5oc6cc7ccccc7cc6c45)c4ccccc34)n2)cc1. The van der Waals surface area contributed by atoms with Gasteiger partial charge in [0, 0.05) is 112 Å². The van der Waals surface area contributed by atoms with Gasteiger partial charge in [0.05, 0.1) is 22.7 Å². The van der Waals surface area contributed by atoms with Gasteiger partial charge in [-0.3, -0.25) is 9.97 Å². The van der Waals surface area contributed by atoms with E-state index in [1.165, 1.54) is 26.9 Å². The summed E-state index contributed by atoms with van der Waals surface area (Å²) >= 11 is 0. The zero-order valence-corrected chi connectivity index (χ0v) is 80.0. The van der Waals surface area contributed by atoms with Gasteiger partial charge in [0.15, 0.2) is 58.0 Å². The highest BCUT2D eigenvalue weighted by Gasteiger charge is 2.28. The maximum absolute atomic E-state index is 6.40. The fourth-order valence-corrected chi connectivity index (χ4v) is 21.6. The average molecular weight is 1920 g/mol. The van der Waals surface area contributed by atoms with E-state index in [9.17, 15) is 0 Å². The molecule has 0 aliphatic carbocycles. The van der Waals surface area contributed by atoms with E-state index in [2.05, 4.69) is 325 Å². The molecule has 0 bridgehead atoms. The van der Waals surface area contributed by atoms with Gasteiger partial charge in [0.2, 0.25) is 5.71 Å². The van der Waals surface area contributed by atoms with E-state index < -0.39 is 0 Å². The van der Waals surface area contributed by atoms with E-state index in [1.807, 2.05) is 152 Å². The van der Waals surface area contributed by atoms with Crippen molar-refractivity contribution in [2.45, 2.75) is 0 Å². The molecule has 0 N–H and O–H groups in total. The van der Waals surface area contributed by atoms with Crippen LogP contribution in [0.4, 0.5) is 0 Å². The Morgan fingerprint density at radius 1 is 0.147 bits per heavy atom. The molecule has 10 aromatic heterocycles. The molecular formula is C134H78N12O4. The highest BCUT2D eigenvalue weighted by Crippen LogP contribution is 2.49. The number of hydrogen-bond acceptors (Lipinski definition) is 16. The van der Waals surface area contributed by atoms with Crippen LogP contribution >= 0.6 is 0 Å².